The van der Waals surface area contributed by atoms with Gasteiger partial charge in [-0.05, 0) is 37.6 Å². The lowest BCUT2D eigenvalue weighted by molar-refractivity contribution is -0.116. The largest absolute Gasteiger partial charge is 0.496 e. The molecule has 1 N–H and O–H groups in total. The number of carbonyl (C=O) groups excluding carboxylic acids is 1. The number of nitrogens with one attached hydrogen (secondary N) is 1. The summed E-state index contributed by atoms with van der Waals surface area (Å²) in [6.07, 6.45) is 0.360. The Morgan fingerprint density at radius 1 is 1.21 bits per heavy atom. The Morgan fingerprint density at radius 3 is 2.86 bits per heavy atom. The maximum Gasteiger partial charge on any atom is 0.226 e. The third-order valence-electron chi connectivity index (χ3n) is 5.33. The zero-order valence-electron chi connectivity index (χ0n) is 16.4. The number of fused-ring (bicyclic) bond motifs is 2. The monoisotopic (exact) mass is 404 g/mol. The molecule has 0 fully saturated rings. The summed E-state index contributed by atoms with van der Waals surface area (Å²) in [6, 6.07) is 14.0. The molecule has 1 aliphatic heterocycles. The first kappa shape index (κ1) is 17.9. The van der Waals surface area contributed by atoms with Gasteiger partial charge in [-0.1, -0.05) is 35.6 Å². The number of thiazole rings is 1. The fourth-order valence-electron chi connectivity index (χ4n) is 4.02. The minimum absolute atomic E-state index is 0.0356. The number of rotatable bonds is 3. The topological polar surface area (TPSA) is 69.0 Å². The van der Waals surface area contributed by atoms with E-state index >= 15 is 0 Å². The first-order valence-electron chi connectivity index (χ1n) is 9.45. The second-order valence-electron chi connectivity index (χ2n) is 7.27. The molecule has 0 saturated heterocycles. The van der Waals surface area contributed by atoms with E-state index in [1.807, 2.05) is 37.3 Å². The second-order valence-corrected chi connectivity index (χ2v) is 8.28. The highest BCUT2D eigenvalue weighted by molar-refractivity contribution is 7.20. The molecule has 3 heterocycles. The van der Waals surface area contributed by atoms with E-state index in [9.17, 15) is 4.79 Å². The van der Waals surface area contributed by atoms with Crippen LogP contribution in [0.5, 0.6) is 5.75 Å². The highest BCUT2D eigenvalue weighted by Crippen LogP contribution is 2.43. The molecule has 0 bridgehead atoms. The van der Waals surface area contributed by atoms with Gasteiger partial charge < -0.3 is 10.1 Å². The van der Waals surface area contributed by atoms with Gasteiger partial charge >= 0.3 is 0 Å². The molecule has 29 heavy (non-hydrogen) atoms. The number of nitrogens with zero attached hydrogens (tertiary/aromatic N) is 3. The van der Waals surface area contributed by atoms with E-state index in [1.54, 1.807) is 23.1 Å². The molecular formula is C22H20N4O2S. The predicted octanol–water partition coefficient (Wildman–Crippen LogP) is 4.58. The number of ether oxygens (including phenoxy) is 1. The molecule has 0 radical (unpaired) electrons. The Balaban J connectivity index is 1.69. The summed E-state index contributed by atoms with van der Waals surface area (Å²) in [7, 11) is 1.65. The maximum atomic E-state index is 12.6. The Morgan fingerprint density at radius 2 is 2.03 bits per heavy atom. The molecule has 2 aromatic heterocycles. The number of anilines is 1. The molecule has 0 spiro atoms. The minimum atomic E-state index is -0.111. The molecule has 2 aromatic carbocycles. The van der Waals surface area contributed by atoms with Gasteiger partial charge in [0, 0.05) is 23.5 Å². The van der Waals surface area contributed by atoms with Crippen LogP contribution in [0.25, 0.3) is 15.3 Å². The van der Waals surface area contributed by atoms with Gasteiger partial charge in [0.2, 0.25) is 11.0 Å². The van der Waals surface area contributed by atoms with Crippen LogP contribution < -0.4 is 10.1 Å². The first-order chi connectivity index (χ1) is 14.0. The third-order valence-corrected chi connectivity index (χ3v) is 6.32. The molecule has 4 aromatic rings. The van der Waals surface area contributed by atoms with Crippen LogP contribution in [0.3, 0.4) is 0 Å². The van der Waals surface area contributed by atoms with E-state index in [0.29, 0.717) is 12.2 Å². The number of hydrogen-bond acceptors (Lipinski definition) is 5. The predicted molar refractivity (Wildman–Crippen MR) is 114 cm³/mol. The molecular weight excluding hydrogens is 384 g/mol. The summed E-state index contributed by atoms with van der Waals surface area (Å²) >= 11 is 1.57. The Bertz CT molecular complexity index is 1260. The normalized spacial score (nSPS) is 16.0. The average molecular weight is 404 g/mol. The van der Waals surface area contributed by atoms with E-state index in [4.69, 9.17) is 14.8 Å². The summed E-state index contributed by atoms with van der Waals surface area (Å²) in [4.78, 5) is 17.4. The molecule has 1 amide bonds. The Kier molecular flexibility index (Phi) is 4.13. The van der Waals surface area contributed by atoms with Crippen LogP contribution in [0.1, 0.15) is 34.7 Å². The zero-order chi connectivity index (χ0) is 20.1. The van der Waals surface area contributed by atoms with E-state index in [1.165, 1.54) is 5.56 Å². The van der Waals surface area contributed by atoms with Crippen LogP contribution >= 0.6 is 11.3 Å². The van der Waals surface area contributed by atoms with Crippen molar-refractivity contribution in [2.75, 3.05) is 12.4 Å². The van der Waals surface area contributed by atoms with E-state index in [-0.39, 0.29) is 11.8 Å². The van der Waals surface area contributed by atoms with Gasteiger partial charge in [-0.15, -0.1) is 0 Å². The van der Waals surface area contributed by atoms with E-state index < -0.39 is 0 Å². The molecule has 146 valence electrons. The summed E-state index contributed by atoms with van der Waals surface area (Å²) in [5, 5.41) is 8.53. The standard InChI is InChI=1S/C22H20N4O2S/c1-12-8-9-16-18(10-12)29-22(23-16)26-21-20(13(2)25-26)15(11-19(27)24-21)14-6-4-5-7-17(14)28-3/h4-10,15H,11H2,1-3H3,(H,24,27). The fraction of sp³-hybridized carbons (Fsp3) is 0.227. The minimum Gasteiger partial charge on any atom is -0.496 e. The van der Waals surface area contributed by atoms with E-state index in [2.05, 4.69) is 24.4 Å². The van der Waals surface area contributed by atoms with Crippen LogP contribution in [0.4, 0.5) is 5.82 Å². The lowest BCUT2D eigenvalue weighted by Gasteiger charge is -2.25. The molecule has 1 atom stereocenters. The Labute approximate surface area is 172 Å². The second kappa shape index (κ2) is 6.70. The van der Waals surface area contributed by atoms with Crippen LogP contribution in [-0.4, -0.2) is 27.8 Å². The maximum absolute atomic E-state index is 12.6. The first-order valence-corrected chi connectivity index (χ1v) is 10.3. The number of para-hydroxylation sites is 1. The fourth-order valence-corrected chi connectivity index (χ4v) is 5.04. The van der Waals surface area contributed by atoms with Gasteiger partial charge in [-0.3, -0.25) is 4.79 Å². The van der Waals surface area contributed by atoms with Crippen molar-refractivity contribution in [2.45, 2.75) is 26.2 Å². The van der Waals surface area contributed by atoms with Gasteiger partial charge in [0.15, 0.2) is 0 Å². The highest BCUT2D eigenvalue weighted by Gasteiger charge is 2.34. The summed E-state index contributed by atoms with van der Waals surface area (Å²) in [6.45, 7) is 4.05. The van der Waals surface area contributed by atoms with Crippen molar-refractivity contribution in [1.82, 2.24) is 14.8 Å². The smallest absolute Gasteiger partial charge is 0.226 e. The summed E-state index contributed by atoms with van der Waals surface area (Å²) < 4.78 is 8.43. The molecule has 1 unspecified atom stereocenters. The van der Waals surface area contributed by atoms with Crippen LogP contribution in [0.2, 0.25) is 0 Å². The van der Waals surface area contributed by atoms with Crippen LogP contribution in [-0.2, 0) is 4.79 Å². The van der Waals surface area contributed by atoms with Crippen LogP contribution in [0, 0.1) is 13.8 Å². The lowest BCUT2D eigenvalue weighted by Crippen LogP contribution is -2.25. The molecule has 0 saturated carbocycles. The number of aromatic nitrogens is 3. The third kappa shape index (κ3) is 2.89. The van der Waals surface area contributed by atoms with Gasteiger partial charge in [0.1, 0.15) is 11.6 Å². The van der Waals surface area contributed by atoms with Crippen molar-refractivity contribution in [3.8, 4) is 10.9 Å². The van der Waals surface area contributed by atoms with Crippen molar-refractivity contribution in [1.29, 1.82) is 0 Å². The van der Waals surface area contributed by atoms with Crippen molar-refractivity contribution >= 4 is 33.3 Å². The molecule has 7 heteroatoms. The number of hydrogen-bond donors (Lipinski definition) is 1. The number of benzene rings is 2. The zero-order valence-corrected chi connectivity index (χ0v) is 17.2. The average Bonchev–Trinajstić information content (AvgIpc) is 3.27. The number of methoxy groups -OCH3 is 1. The lowest BCUT2D eigenvalue weighted by atomic mass is 9.85. The van der Waals surface area contributed by atoms with Gasteiger partial charge in [-0.25, -0.2) is 4.98 Å². The molecule has 0 aliphatic carbocycles. The van der Waals surface area contributed by atoms with Gasteiger partial charge in [-0.2, -0.15) is 9.78 Å². The van der Waals surface area contributed by atoms with Crippen molar-refractivity contribution in [3.63, 3.8) is 0 Å². The van der Waals surface area contributed by atoms with E-state index in [0.717, 1.165) is 37.9 Å². The van der Waals surface area contributed by atoms with Crippen LogP contribution in [0.15, 0.2) is 42.5 Å². The van der Waals surface area contributed by atoms with Crippen molar-refractivity contribution in [3.05, 3.63) is 64.8 Å². The number of aryl methyl sites for hydroxylation is 2. The summed E-state index contributed by atoms with van der Waals surface area (Å²) in [5.74, 6) is 1.33. The summed E-state index contributed by atoms with van der Waals surface area (Å²) in [5.41, 5.74) is 5.02. The number of carbonyl (C=O) groups is 1. The molecule has 6 nitrogen and oxygen atoms in total. The highest BCUT2D eigenvalue weighted by atomic mass is 32.1. The van der Waals surface area contributed by atoms with Crippen molar-refractivity contribution in [2.24, 2.45) is 0 Å². The number of amides is 1. The van der Waals surface area contributed by atoms with Crippen molar-refractivity contribution < 1.29 is 9.53 Å². The SMILES string of the molecule is COc1ccccc1C1CC(=O)Nc2c1c(C)nn2-c1nc2ccc(C)cc2s1. The van der Waals surface area contributed by atoms with Gasteiger partial charge in [0.05, 0.1) is 23.0 Å². The van der Waals surface area contributed by atoms with Gasteiger partial charge in [0.25, 0.3) is 0 Å². The Hall–Kier alpha value is -3.19. The molecule has 5 rings (SSSR count). The quantitative estimate of drug-likeness (QED) is 0.543. The molecule has 1 aliphatic rings.